The smallest absolute Gasteiger partial charge is 0.254 e. The van der Waals surface area contributed by atoms with Gasteiger partial charge in [0.05, 0.1) is 5.56 Å². The fraction of sp³-hybridized carbons (Fsp3) is 0.125. The van der Waals surface area contributed by atoms with Crippen LogP contribution in [0.1, 0.15) is 21.7 Å². The number of rotatable bonds is 4. The molecule has 0 aromatic carbocycles. The van der Waals surface area contributed by atoms with Crippen molar-refractivity contribution >= 4 is 33.4 Å². The number of nitrogens with one attached hydrogen (secondary N) is 1. The Labute approximate surface area is 152 Å². The largest absolute Gasteiger partial charge is 0.348 e. The molecule has 0 spiro atoms. The van der Waals surface area contributed by atoms with E-state index in [9.17, 15) is 4.79 Å². The van der Waals surface area contributed by atoms with Crippen molar-refractivity contribution < 1.29 is 4.79 Å². The minimum absolute atomic E-state index is 0.167. The molecular weight excluding hydrogens is 394 g/mol. The molecule has 8 heteroatoms. The van der Waals surface area contributed by atoms with Crippen molar-refractivity contribution in [1.29, 1.82) is 0 Å². The van der Waals surface area contributed by atoms with E-state index in [-0.39, 0.29) is 11.1 Å². The Kier molecular flexibility index (Phi) is 4.92. The first-order chi connectivity index (χ1) is 11.5. The highest BCUT2D eigenvalue weighted by molar-refractivity contribution is 9.10. The SMILES string of the molecule is Cc1nccn1-c1cc(CNC(=O)c2cc(Br)cnc2Cl)ccn1. The number of aromatic nitrogens is 4. The third kappa shape index (κ3) is 3.63. The first kappa shape index (κ1) is 16.6. The predicted molar refractivity (Wildman–Crippen MR) is 94.2 cm³/mol. The summed E-state index contributed by atoms with van der Waals surface area (Å²) in [6.45, 7) is 2.25. The number of imidazole rings is 1. The fourth-order valence-corrected chi connectivity index (χ4v) is 2.70. The molecular formula is C16H13BrClN5O. The predicted octanol–water partition coefficient (Wildman–Crippen LogP) is 3.32. The Bertz CT molecular complexity index is 896. The molecule has 1 N–H and O–H groups in total. The third-order valence-corrected chi connectivity index (χ3v) is 4.12. The van der Waals surface area contributed by atoms with Crippen LogP contribution >= 0.6 is 27.5 Å². The second-order valence-electron chi connectivity index (χ2n) is 5.04. The maximum absolute atomic E-state index is 12.3. The molecule has 0 unspecified atom stereocenters. The van der Waals surface area contributed by atoms with Gasteiger partial charge in [-0.05, 0) is 46.6 Å². The van der Waals surface area contributed by atoms with E-state index in [0.29, 0.717) is 16.6 Å². The quantitative estimate of drug-likeness (QED) is 0.675. The van der Waals surface area contributed by atoms with Gasteiger partial charge >= 0.3 is 0 Å². The number of hydrogen-bond donors (Lipinski definition) is 1. The van der Waals surface area contributed by atoms with E-state index in [1.54, 1.807) is 24.7 Å². The highest BCUT2D eigenvalue weighted by Crippen LogP contribution is 2.18. The summed E-state index contributed by atoms with van der Waals surface area (Å²) in [5.74, 6) is 1.31. The topological polar surface area (TPSA) is 72.7 Å². The lowest BCUT2D eigenvalue weighted by atomic mass is 10.2. The Hall–Kier alpha value is -2.25. The van der Waals surface area contributed by atoms with Gasteiger partial charge in [-0.3, -0.25) is 9.36 Å². The van der Waals surface area contributed by atoms with Gasteiger partial charge in [-0.25, -0.2) is 15.0 Å². The molecule has 0 fully saturated rings. The second kappa shape index (κ2) is 7.11. The average molecular weight is 407 g/mol. The summed E-state index contributed by atoms with van der Waals surface area (Å²) in [5, 5.41) is 3.00. The number of halogens is 2. The molecule has 3 aromatic rings. The number of hydrogen-bond acceptors (Lipinski definition) is 4. The van der Waals surface area contributed by atoms with Gasteiger partial charge in [0.1, 0.15) is 16.8 Å². The minimum Gasteiger partial charge on any atom is -0.348 e. The van der Waals surface area contributed by atoms with E-state index in [0.717, 1.165) is 17.2 Å². The van der Waals surface area contributed by atoms with E-state index in [1.807, 2.05) is 29.8 Å². The molecule has 122 valence electrons. The maximum atomic E-state index is 12.3. The lowest BCUT2D eigenvalue weighted by molar-refractivity contribution is 0.0950. The molecule has 0 aliphatic heterocycles. The summed E-state index contributed by atoms with van der Waals surface area (Å²) in [6, 6.07) is 5.38. The first-order valence-corrected chi connectivity index (χ1v) is 8.26. The van der Waals surface area contributed by atoms with Crippen molar-refractivity contribution in [2.75, 3.05) is 0 Å². The van der Waals surface area contributed by atoms with E-state index in [4.69, 9.17) is 11.6 Å². The Morgan fingerprint density at radius 1 is 1.29 bits per heavy atom. The molecule has 0 bridgehead atoms. The molecule has 0 saturated carbocycles. The lowest BCUT2D eigenvalue weighted by Crippen LogP contribution is -2.23. The van der Waals surface area contributed by atoms with Gasteiger partial charge in [-0.1, -0.05) is 11.6 Å². The summed E-state index contributed by atoms with van der Waals surface area (Å²) in [5.41, 5.74) is 1.24. The van der Waals surface area contributed by atoms with Crippen molar-refractivity contribution in [3.63, 3.8) is 0 Å². The second-order valence-corrected chi connectivity index (χ2v) is 6.32. The Morgan fingerprint density at radius 2 is 2.12 bits per heavy atom. The van der Waals surface area contributed by atoms with Crippen LogP contribution in [0.5, 0.6) is 0 Å². The summed E-state index contributed by atoms with van der Waals surface area (Å²) in [6.07, 6.45) is 6.80. The number of carbonyl (C=O) groups excluding carboxylic acids is 1. The van der Waals surface area contributed by atoms with Crippen molar-refractivity contribution in [1.82, 2.24) is 24.8 Å². The van der Waals surface area contributed by atoms with Gasteiger partial charge in [0.25, 0.3) is 5.91 Å². The Balaban J connectivity index is 1.74. The van der Waals surface area contributed by atoms with Gasteiger partial charge in [0.15, 0.2) is 0 Å². The van der Waals surface area contributed by atoms with E-state index < -0.39 is 0 Å². The first-order valence-electron chi connectivity index (χ1n) is 7.09. The van der Waals surface area contributed by atoms with Crippen molar-refractivity contribution in [3.05, 3.63) is 69.6 Å². The van der Waals surface area contributed by atoms with Gasteiger partial charge in [-0.2, -0.15) is 0 Å². The number of amides is 1. The van der Waals surface area contributed by atoms with Gasteiger partial charge in [-0.15, -0.1) is 0 Å². The van der Waals surface area contributed by atoms with Gasteiger partial charge in [0.2, 0.25) is 0 Å². The minimum atomic E-state index is -0.286. The van der Waals surface area contributed by atoms with E-state index >= 15 is 0 Å². The van der Waals surface area contributed by atoms with Crippen LogP contribution in [0.15, 0.2) is 47.5 Å². The molecule has 3 heterocycles. The monoisotopic (exact) mass is 405 g/mol. The third-order valence-electron chi connectivity index (χ3n) is 3.39. The van der Waals surface area contributed by atoms with Crippen molar-refractivity contribution in [3.8, 4) is 5.82 Å². The number of carbonyl (C=O) groups is 1. The molecule has 1 amide bonds. The van der Waals surface area contributed by atoms with Gasteiger partial charge in [0, 0.05) is 35.8 Å². The van der Waals surface area contributed by atoms with Crippen LogP contribution in [0.4, 0.5) is 0 Å². The zero-order valence-electron chi connectivity index (χ0n) is 12.7. The van der Waals surface area contributed by atoms with E-state index in [1.165, 1.54) is 0 Å². The van der Waals surface area contributed by atoms with Crippen LogP contribution in [0.3, 0.4) is 0 Å². The molecule has 24 heavy (non-hydrogen) atoms. The molecule has 6 nitrogen and oxygen atoms in total. The molecule has 0 radical (unpaired) electrons. The average Bonchev–Trinajstić information content (AvgIpc) is 3.01. The molecule has 3 rings (SSSR count). The molecule has 0 atom stereocenters. The van der Waals surface area contributed by atoms with Crippen LogP contribution in [0.2, 0.25) is 5.15 Å². The van der Waals surface area contributed by atoms with Crippen molar-refractivity contribution in [2.45, 2.75) is 13.5 Å². The van der Waals surface area contributed by atoms with E-state index in [2.05, 4.69) is 36.2 Å². The summed E-state index contributed by atoms with van der Waals surface area (Å²) >= 11 is 9.25. The van der Waals surface area contributed by atoms with Crippen LogP contribution in [-0.2, 0) is 6.54 Å². The fourth-order valence-electron chi connectivity index (χ4n) is 2.18. The summed E-state index contributed by atoms with van der Waals surface area (Å²) in [4.78, 5) is 24.7. The molecule has 0 aliphatic carbocycles. The lowest BCUT2D eigenvalue weighted by Gasteiger charge is -2.09. The summed E-state index contributed by atoms with van der Waals surface area (Å²) in [7, 11) is 0. The maximum Gasteiger partial charge on any atom is 0.254 e. The van der Waals surface area contributed by atoms with Crippen LogP contribution in [0, 0.1) is 6.92 Å². The number of pyridine rings is 2. The highest BCUT2D eigenvalue weighted by atomic mass is 79.9. The Morgan fingerprint density at radius 3 is 2.88 bits per heavy atom. The highest BCUT2D eigenvalue weighted by Gasteiger charge is 2.12. The van der Waals surface area contributed by atoms with Crippen LogP contribution in [0.25, 0.3) is 5.82 Å². The number of aryl methyl sites for hydroxylation is 1. The summed E-state index contributed by atoms with van der Waals surface area (Å²) < 4.78 is 2.57. The number of nitrogens with zero attached hydrogens (tertiary/aromatic N) is 4. The molecule has 0 saturated heterocycles. The normalized spacial score (nSPS) is 10.6. The van der Waals surface area contributed by atoms with Crippen LogP contribution in [-0.4, -0.2) is 25.4 Å². The zero-order valence-corrected chi connectivity index (χ0v) is 15.0. The van der Waals surface area contributed by atoms with Crippen molar-refractivity contribution in [2.24, 2.45) is 0 Å². The van der Waals surface area contributed by atoms with Gasteiger partial charge < -0.3 is 5.32 Å². The molecule has 0 aliphatic rings. The standard InChI is InChI=1S/C16H13BrClN5O/c1-10-19-4-5-23(10)14-6-11(2-3-20-14)8-22-16(24)13-7-12(17)9-21-15(13)18/h2-7,9H,8H2,1H3,(H,22,24). The molecule has 3 aromatic heterocycles. The zero-order chi connectivity index (χ0) is 17.1. The van der Waals surface area contributed by atoms with Crippen LogP contribution < -0.4 is 5.32 Å².